The van der Waals surface area contributed by atoms with Gasteiger partial charge in [0.15, 0.2) is 0 Å². The van der Waals surface area contributed by atoms with Gasteiger partial charge in [0.1, 0.15) is 0 Å². The molecule has 2 N–H and O–H groups in total. The zero-order valence-electron chi connectivity index (χ0n) is 4.27. The van der Waals surface area contributed by atoms with Gasteiger partial charge in [-0.25, -0.2) is 0 Å². The van der Waals surface area contributed by atoms with E-state index in [2.05, 4.69) is 5.73 Å². The molecule has 0 saturated heterocycles. The van der Waals surface area contributed by atoms with E-state index in [4.69, 9.17) is 0 Å². The number of carbonyl (C=O) groups excluding carboxylic acids is 1. The third kappa shape index (κ3) is 2.73. The summed E-state index contributed by atoms with van der Waals surface area (Å²) in [7, 11) is 0. The van der Waals surface area contributed by atoms with Crippen LogP contribution >= 0.6 is 0 Å². The molecule has 0 amide bonds. The van der Waals surface area contributed by atoms with E-state index in [0.29, 0.717) is 6.20 Å². The second kappa shape index (κ2) is 2.52. The fourth-order valence-electron chi connectivity index (χ4n) is 0.182. The van der Waals surface area contributed by atoms with E-state index in [9.17, 15) is 18.0 Å². The highest BCUT2D eigenvalue weighted by atomic mass is 19.4. The van der Waals surface area contributed by atoms with Crippen LogP contribution in [-0.4, -0.2) is 12.0 Å². The summed E-state index contributed by atoms with van der Waals surface area (Å²) in [4.78, 5) is 9.77. The topological polar surface area (TPSA) is 43.1 Å². The molecule has 0 aromatic rings. The maximum absolute atomic E-state index is 11.2. The predicted molar refractivity (Wildman–Crippen MR) is 24.4 cm³/mol. The van der Waals surface area contributed by atoms with Crippen LogP contribution < -0.4 is 5.73 Å². The molecule has 0 saturated carbocycles. The van der Waals surface area contributed by atoms with Crippen molar-refractivity contribution in [3.8, 4) is 0 Å². The maximum Gasteiger partial charge on any atom is 0.454 e. The van der Waals surface area contributed by atoms with Crippen LogP contribution in [0.4, 0.5) is 13.2 Å². The number of nitrogens with two attached hydrogens (primary N) is 1. The quantitative estimate of drug-likeness (QED) is 0.540. The molecule has 0 atom stereocenters. The van der Waals surface area contributed by atoms with Crippen molar-refractivity contribution in [1.82, 2.24) is 0 Å². The standard InChI is InChI=1S/C4H4F3NO/c5-4(6,7)3(9)1-2-8/h1-2H,8H2/b2-1+. The summed E-state index contributed by atoms with van der Waals surface area (Å²) >= 11 is 0. The van der Waals surface area contributed by atoms with Crippen LogP contribution in [0.1, 0.15) is 0 Å². The number of alkyl halides is 3. The Hall–Kier alpha value is -1.00. The van der Waals surface area contributed by atoms with Crippen LogP contribution in [-0.2, 0) is 4.79 Å². The van der Waals surface area contributed by atoms with E-state index in [1.165, 1.54) is 0 Å². The third-order valence-electron chi connectivity index (χ3n) is 0.527. The fourth-order valence-corrected chi connectivity index (χ4v) is 0.182. The molecular formula is C4H4F3NO. The second-order valence-electron chi connectivity index (χ2n) is 1.22. The smallest absolute Gasteiger partial charge is 0.404 e. The highest BCUT2D eigenvalue weighted by molar-refractivity contribution is 5.94. The van der Waals surface area contributed by atoms with Gasteiger partial charge in [-0.1, -0.05) is 0 Å². The van der Waals surface area contributed by atoms with E-state index in [0.717, 1.165) is 0 Å². The Morgan fingerprint density at radius 1 is 1.44 bits per heavy atom. The number of allylic oxidation sites excluding steroid dienone is 1. The summed E-state index contributed by atoms with van der Waals surface area (Å²) in [5.74, 6) is -1.94. The van der Waals surface area contributed by atoms with Crippen molar-refractivity contribution in [2.45, 2.75) is 6.18 Å². The molecule has 2 nitrogen and oxygen atoms in total. The largest absolute Gasteiger partial charge is 0.454 e. The lowest BCUT2D eigenvalue weighted by Crippen LogP contribution is -2.20. The maximum atomic E-state index is 11.2. The first kappa shape index (κ1) is 8.00. The van der Waals surface area contributed by atoms with Crippen molar-refractivity contribution in [3.05, 3.63) is 12.3 Å². The number of carbonyl (C=O) groups is 1. The van der Waals surface area contributed by atoms with Crippen molar-refractivity contribution in [1.29, 1.82) is 0 Å². The van der Waals surface area contributed by atoms with Crippen LogP contribution in [0.2, 0.25) is 0 Å². The monoisotopic (exact) mass is 139 g/mol. The lowest BCUT2D eigenvalue weighted by atomic mass is 10.4. The third-order valence-corrected chi connectivity index (χ3v) is 0.527. The van der Waals surface area contributed by atoms with Crippen molar-refractivity contribution in [2.24, 2.45) is 5.73 Å². The van der Waals surface area contributed by atoms with Crippen LogP contribution in [0.5, 0.6) is 0 Å². The highest BCUT2D eigenvalue weighted by Crippen LogP contribution is 2.15. The number of rotatable bonds is 1. The Morgan fingerprint density at radius 3 is 2.00 bits per heavy atom. The van der Waals surface area contributed by atoms with Gasteiger partial charge in [0.2, 0.25) is 0 Å². The normalized spacial score (nSPS) is 12.3. The minimum absolute atomic E-state index is 0.264. The van der Waals surface area contributed by atoms with Gasteiger partial charge in [0, 0.05) is 6.08 Å². The molecule has 9 heavy (non-hydrogen) atoms. The van der Waals surface area contributed by atoms with Gasteiger partial charge in [0.05, 0.1) is 0 Å². The molecule has 0 aliphatic rings. The average Bonchev–Trinajstić information content (AvgIpc) is 1.64. The van der Waals surface area contributed by atoms with Gasteiger partial charge >= 0.3 is 6.18 Å². The first-order valence-electron chi connectivity index (χ1n) is 1.98. The number of halogens is 3. The molecule has 0 aliphatic carbocycles. The molecule has 0 heterocycles. The summed E-state index contributed by atoms with van der Waals surface area (Å²) in [6.45, 7) is 0. The summed E-state index contributed by atoms with van der Waals surface area (Å²) in [5.41, 5.74) is 4.52. The van der Waals surface area contributed by atoms with Gasteiger partial charge in [-0.05, 0) is 6.20 Å². The molecular weight excluding hydrogens is 135 g/mol. The molecule has 0 rings (SSSR count). The van der Waals surface area contributed by atoms with E-state index in [-0.39, 0.29) is 6.08 Å². The summed E-state index contributed by atoms with van der Waals surface area (Å²) in [6, 6.07) is 0. The highest BCUT2D eigenvalue weighted by Gasteiger charge is 2.35. The number of hydrogen-bond donors (Lipinski definition) is 1. The molecule has 0 aromatic carbocycles. The average molecular weight is 139 g/mol. The van der Waals surface area contributed by atoms with Crippen LogP contribution in [0, 0.1) is 0 Å². The first-order valence-corrected chi connectivity index (χ1v) is 1.98. The number of ketones is 1. The van der Waals surface area contributed by atoms with Gasteiger partial charge in [0.25, 0.3) is 5.78 Å². The zero-order valence-corrected chi connectivity index (χ0v) is 4.27. The summed E-state index contributed by atoms with van der Waals surface area (Å²) < 4.78 is 33.5. The predicted octanol–water partition coefficient (Wildman–Crippen LogP) is 0.590. The molecule has 0 fully saturated rings. The molecule has 0 bridgehead atoms. The van der Waals surface area contributed by atoms with Gasteiger partial charge in [-0.15, -0.1) is 0 Å². The minimum atomic E-state index is -4.80. The molecule has 0 unspecified atom stereocenters. The molecule has 0 aliphatic heterocycles. The molecule has 52 valence electrons. The lowest BCUT2D eigenvalue weighted by molar-refractivity contribution is -0.165. The Labute approximate surface area is 49.1 Å². The number of hydrogen-bond acceptors (Lipinski definition) is 2. The molecule has 0 radical (unpaired) electrons. The van der Waals surface area contributed by atoms with E-state index >= 15 is 0 Å². The Kier molecular flexibility index (Phi) is 2.24. The van der Waals surface area contributed by atoms with Crippen molar-refractivity contribution in [2.75, 3.05) is 0 Å². The van der Waals surface area contributed by atoms with Gasteiger partial charge < -0.3 is 5.73 Å². The lowest BCUT2D eigenvalue weighted by Gasteiger charge is -1.97. The fraction of sp³-hybridized carbons (Fsp3) is 0.250. The van der Waals surface area contributed by atoms with Crippen molar-refractivity contribution in [3.63, 3.8) is 0 Å². The SMILES string of the molecule is N/C=C/C(=O)C(F)(F)F. The Bertz CT molecular complexity index is 137. The van der Waals surface area contributed by atoms with Gasteiger partial charge in [-0.2, -0.15) is 13.2 Å². The van der Waals surface area contributed by atoms with Crippen LogP contribution in [0.15, 0.2) is 12.3 Å². The van der Waals surface area contributed by atoms with Crippen molar-refractivity contribution >= 4 is 5.78 Å². The first-order chi connectivity index (χ1) is 3.98. The van der Waals surface area contributed by atoms with Crippen molar-refractivity contribution < 1.29 is 18.0 Å². The Morgan fingerprint density at radius 2 is 1.89 bits per heavy atom. The summed E-state index contributed by atoms with van der Waals surface area (Å²) in [5, 5.41) is 0. The van der Waals surface area contributed by atoms with E-state index in [1.54, 1.807) is 0 Å². The molecule has 0 spiro atoms. The molecule has 5 heteroatoms. The van der Waals surface area contributed by atoms with Crippen LogP contribution in [0.3, 0.4) is 0 Å². The minimum Gasteiger partial charge on any atom is -0.404 e. The zero-order chi connectivity index (χ0) is 7.49. The van der Waals surface area contributed by atoms with E-state index in [1.807, 2.05) is 0 Å². The summed E-state index contributed by atoms with van der Waals surface area (Å²) in [6.07, 6.45) is -3.98. The van der Waals surface area contributed by atoms with Gasteiger partial charge in [-0.3, -0.25) is 4.79 Å². The van der Waals surface area contributed by atoms with Crippen LogP contribution in [0.25, 0.3) is 0 Å². The Balaban J connectivity index is 4.06. The second-order valence-corrected chi connectivity index (χ2v) is 1.22. The van der Waals surface area contributed by atoms with E-state index < -0.39 is 12.0 Å². The molecule has 0 aromatic heterocycles.